The number of nitrogens with one attached hydrogen (secondary N) is 2. The van der Waals surface area contributed by atoms with Gasteiger partial charge in [-0.25, -0.2) is 4.98 Å². The number of methoxy groups -OCH3 is 1. The van der Waals surface area contributed by atoms with Crippen LogP contribution >= 0.6 is 0 Å². The summed E-state index contributed by atoms with van der Waals surface area (Å²) in [6.45, 7) is 4.90. The lowest BCUT2D eigenvalue weighted by atomic mass is 10.1. The minimum absolute atomic E-state index is 0.235. The molecule has 0 fully saturated rings. The first-order valence-corrected chi connectivity index (χ1v) is 9.40. The van der Waals surface area contributed by atoms with Gasteiger partial charge >= 0.3 is 0 Å². The molecule has 1 amide bonds. The van der Waals surface area contributed by atoms with E-state index in [9.17, 15) is 4.79 Å². The summed E-state index contributed by atoms with van der Waals surface area (Å²) in [7, 11) is 1.62. The van der Waals surface area contributed by atoms with Crippen molar-refractivity contribution < 1.29 is 14.3 Å². The second kappa shape index (κ2) is 9.59. The summed E-state index contributed by atoms with van der Waals surface area (Å²) >= 11 is 0. The molecule has 2 N–H and O–H groups in total. The number of anilines is 2. The van der Waals surface area contributed by atoms with Crippen molar-refractivity contribution in [3.8, 4) is 11.5 Å². The average Bonchev–Trinajstić information content (AvgIpc) is 2.74. The first kappa shape index (κ1) is 20.2. The van der Waals surface area contributed by atoms with Crippen LogP contribution in [0.5, 0.6) is 11.5 Å². The Kier molecular flexibility index (Phi) is 6.68. The lowest BCUT2D eigenvalue weighted by Crippen LogP contribution is -2.28. The number of amides is 1. The molecule has 6 heteroatoms. The molecule has 0 spiro atoms. The quantitative estimate of drug-likeness (QED) is 0.562. The van der Waals surface area contributed by atoms with Gasteiger partial charge in [-0.15, -0.1) is 0 Å². The van der Waals surface area contributed by atoms with Gasteiger partial charge in [-0.3, -0.25) is 4.79 Å². The summed E-state index contributed by atoms with van der Waals surface area (Å²) in [5.41, 5.74) is 4.64. The van der Waals surface area contributed by atoms with Crippen LogP contribution in [-0.2, 0) is 0 Å². The number of carbonyl (C=O) groups is 1. The van der Waals surface area contributed by atoms with E-state index in [0.29, 0.717) is 18.8 Å². The predicted molar refractivity (Wildman–Crippen MR) is 114 cm³/mol. The van der Waals surface area contributed by atoms with Gasteiger partial charge in [-0.1, -0.05) is 6.07 Å². The Morgan fingerprint density at radius 3 is 2.31 bits per heavy atom. The SMILES string of the molecule is COc1ccc(OCCNC(=O)c2ccc(Nc3ccc(C)c(C)c3)cn2)cc1. The van der Waals surface area contributed by atoms with Gasteiger partial charge in [0.2, 0.25) is 0 Å². The van der Waals surface area contributed by atoms with Crippen molar-refractivity contribution in [3.63, 3.8) is 0 Å². The second-order valence-electron chi connectivity index (χ2n) is 6.64. The highest BCUT2D eigenvalue weighted by Crippen LogP contribution is 2.19. The average molecular weight is 391 g/mol. The molecule has 1 heterocycles. The topological polar surface area (TPSA) is 72.5 Å². The van der Waals surface area contributed by atoms with E-state index in [-0.39, 0.29) is 5.91 Å². The zero-order valence-corrected chi connectivity index (χ0v) is 16.9. The van der Waals surface area contributed by atoms with Crippen LogP contribution in [0.3, 0.4) is 0 Å². The van der Waals surface area contributed by atoms with Crippen molar-refractivity contribution >= 4 is 17.3 Å². The summed E-state index contributed by atoms with van der Waals surface area (Å²) in [6.07, 6.45) is 1.65. The van der Waals surface area contributed by atoms with Gasteiger partial charge in [0, 0.05) is 5.69 Å². The largest absolute Gasteiger partial charge is 0.497 e. The fourth-order valence-electron chi connectivity index (χ4n) is 2.68. The maximum atomic E-state index is 12.2. The molecule has 0 unspecified atom stereocenters. The van der Waals surface area contributed by atoms with Crippen LogP contribution in [0.4, 0.5) is 11.4 Å². The highest BCUT2D eigenvalue weighted by atomic mass is 16.5. The number of ether oxygens (including phenoxy) is 2. The minimum Gasteiger partial charge on any atom is -0.497 e. The smallest absolute Gasteiger partial charge is 0.269 e. The van der Waals surface area contributed by atoms with E-state index in [2.05, 4.69) is 41.6 Å². The molecule has 2 aromatic carbocycles. The van der Waals surface area contributed by atoms with Crippen LogP contribution in [0.15, 0.2) is 60.8 Å². The number of benzene rings is 2. The lowest BCUT2D eigenvalue weighted by molar-refractivity contribution is 0.0942. The van der Waals surface area contributed by atoms with E-state index < -0.39 is 0 Å². The number of rotatable bonds is 8. The highest BCUT2D eigenvalue weighted by molar-refractivity contribution is 5.92. The minimum atomic E-state index is -0.235. The van der Waals surface area contributed by atoms with Crippen molar-refractivity contribution in [2.24, 2.45) is 0 Å². The van der Waals surface area contributed by atoms with Crippen LogP contribution < -0.4 is 20.1 Å². The number of carbonyl (C=O) groups excluding carboxylic acids is 1. The zero-order valence-electron chi connectivity index (χ0n) is 16.9. The van der Waals surface area contributed by atoms with Gasteiger partial charge in [0.05, 0.1) is 25.5 Å². The monoisotopic (exact) mass is 391 g/mol. The fourth-order valence-corrected chi connectivity index (χ4v) is 2.68. The molecule has 29 heavy (non-hydrogen) atoms. The van der Waals surface area contributed by atoms with Crippen molar-refractivity contribution in [2.45, 2.75) is 13.8 Å². The number of hydrogen-bond acceptors (Lipinski definition) is 5. The van der Waals surface area contributed by atoms with E-state index in [1.165, 1.54) is 11.1 Å². The molecule has 0 saturated carbocycles. The highest BCUT2D eigenvalue weighted by Gasteiger charge is 2.07. The normalized spacial score (nSPS) is 10.3. The summed E-state index contributed by atoms with van der Waals surface area (Å²) in [6, 6.07) is 17.0. The fraction of sp³-hybridized carbons (Fsp3) is 0.217. The Hall–Kier alpha value is -3.54. The van der Waals surface area contributed by atoms with Crippen molar-refractivity contribution in [3.05, 3.63) is 77.6 Å². The number of aryl methyl sites for hydroxylation is 2. The van der Waals surface area contributed by atoms with Gasteiger partial charge in [0.25, 0.3) is 5.91 Å². The van der Waals surface area contributed by atoms with Crippen molar-refractivity contribution in [2.75, 3.05) is 25.6 Å². The van der Waals surface area contributed by atoms with Gasteiger partial charge in [0.15, 0.2) is 0 Å². The molecule has 0 radical (unpaired) electrons. The van der Waals surface area contributed by atoms with Crippen LogP contribution in [0.2, 0.25) is 0 Å². The molecule has 150 valence electrons. The lowest BCUT2D eigenvalue weighted by Gasteiger charge is -2.10. The Balaban J connectivity index is 1.46. The Morgan fingerprint density at radius 2 is 1.66 bits per heavy atom. The summed E-state index contributed by atoms with van der Waals surface area (Å²) in [5, 5.41) is 6.10. The molecule has 0 saturated heterocycles. The van der Waals surface area contributed by atoms with E-state index in [1.54, 1.807) is 19.4 Å². The first-order valence-electron chi connectivity index (χ1n) is 9.40. The van der Waals surface area contributed by atoms with E-state index in [4.69, 9.17) is 9.47 Å². The summed E-state index contributed by atoms with van der Waals surface area (Å²) in [4.78, 5) is 16.5. The molecular weight excluding hydrogens is 366 g/mol. The van der Waals surface area contributed by atoms with E-state index in [1.807, 2.05) is 36.4 Å². The third-order valence-corrected chi connectivity index (χ3v) is 4.51. The Bertz CT molecular complexity index is 954. The molecule has 1 aromatic heterocycles. The van der Waals surface area contributed by atoms with Gasteiger partial charge < -0.3 is 20.1 Å². The standard InChI is InChI=1S/C23H25N3O3/c1-16-4-5-18(14-17(16)2)26-19-6-11-22(25-15-19)23(27)24-12-13-29-21-9-7-20(28-3)8-10-21/h4-11,14-15,26H,12-13H2,1-3H3,(H,24,27). The summed E-state index contributed by atoms with van der Waals surface area (Å²) in [5.74, 6) is 1.26. The summed E-state index contributed by atoms with van der Waals surface area (Å²) < 4.78 is 10.7. The second-order valence-corrected chi connectivity index (χ2v) is 6.64. The number of hydrogen-bond donors (Lipinski definition) is 2. The van der Waals surface area contributed by atoms with Crippen LogP contribution in [-0.4, -0.2) is 31.2 Å². The molecule has 6 nitrogen and oxygen atoms in total. The maximum absolute atomic E-state index is 12.2. The van der Waals surface area contributed by atoms with E-state index >= 15 is 0 Å². The van der Waals surface area contributed by atoms with E-state index in [0.717, 1.165) is 22.9 Å². The van der Waals surface area contributed by atoms with Crippen LogP contribution in [0.25, 0.3) is 0 Å². The molecule has 3 rings (SSSR count). The van der Waals surface area contributed by atoms with Crippen molar-refractivity contribution in [1.82, 2.24) is 10.3 Å². The molecule has 0 aliphatic heterocycles. The van der Waals surface area contributed by atoms with Crippen LogP contribution in [0, 0.1) is 13.8 Å². The van der Waals surface area contributed by atoms with Gasteiger partial charge in [-0.05, 0) is 73.5 Å². The van der Waals surface area contributed by atoms with Crippen LogP contribution in [0.1, 0.15) is 21.6 Å². The van der Waals surface area contributed by atoms with Gasteiger partial charge in [-0.2, -0.15) is 0 Å². The predicted octanol–water partition coefficient (Wildman–Crippen LogP) is 4.26. The van der Waals surface area contributed by atoms with Crippen molar-refractivity contribution in [1.29, 1.82) is 0 Å². The molecule has 0 atom stereocenters. The number of pyridine rings is 1. The third-order valence-electron chi connectivity index (χ3n) is 4.51. The molecule has 0 aliphatic rings. The zero-order chi connectivity index (χ0) is 20.6. The molecule has 0 aliphatic carbocycles. The Labute approximate surface area is 170 Å². The molecule has 0 bridgehead atoms. The van der Waals surface area contributed by atoms with Gasteiger partial charge in [0.1, 0.15) is 23.8 Å². The third kappa shape index (κ3) is 5.72. The Morgan fingerprint density at radius 1 is 0.931 bits per heavy atom. The number of aromatic nitrogens is 1. The first-order chi connectivity index (χ1) is 14.0. The maximum Gasteiger partial charge on any atom is 0.269 e. The molecule has 3 aromatic rings. The molecular formula is C23H25N3O3. The number of nitrogens with zero attached hydrogens (tertiary/aromatic N) is 1.